The zero-order valence-electron chi connectivity index (χ0n) is 14.0. The molecule has 2 N–H and O–H groups in total. The van der Waals surface area contributed by atoms with Crippen LogP contribution in [0, 0.1) is 0 Å². The van der Waals surface area contributed by atoms with Crippen LogP contribution >= 0.6 is 0 Å². The van der Waals surface area contributed by atoms with Crippen molar-refractivity contribution in [3.05, 3.63) is 71.3 Å². The quantitative estimate of drug-likeness (QED) is 0.784. The van der Waals surface area contributed by atoms with Gasteiger partial charge in [-0.15, -0.1) is 0 Å². The van der Waals surface area contributed by atoms with E-state index in [9.17, 15) is 9.59 Å². The predicted molar refractivity (Wildman–Crippen MR) is 95.7 cm³/mol. The first-order valence-electron chi connectivity index (χ1n) is 8.37. The van der Waals surface area contributed by atoms with E-state index >= 15 is 0 Å². The summed E-state index contributed by atoms with van der Waals surface area (Å²) in [6, 6.07) is 17.3. The van der Waals surface area contributed by atoms with Crippen molar-refractivity contribution in [2.24, 2.45) is 0 Å². The van der Waals surface area contributed by atoms with Gasteiger partial charge in [0.1, 0.15) is 0 Å². The van der Waals surface area contributed by atoms with Gasteiger partial charge in [-0.2, -0.15) is 0 Å². The second-order valence-electron chi connectivity index (χ2n) is 5.72. The molecule has 2 rings (SSSR count). The predicted octanol–water partition coefficient (Wildman–Crippen LogP) is 3.08. The van der Waals surface area contributed by atoms with E-state index in [0.29, 0.717) is 25.1 Å². The minimum absolute atomic E-state index is 0.0311. The number of carbonyl (C=O) groups excluding carboxylic acids is 2. The Labute approximate surface area is 143 Å². The summed E-state index contributed by atoms with van der Waals surface area (Å²) in [7, 11) is 0. The number of aryl methyl sites for hydroxylation is 1. The third-order valence-electron chi connectivity index (χ3n) is 3.72. The summed E-state index contributed by atoms with van der Waals surface area (Å²) in [4.78, 5) is 23.7. The van der Waals surface area contributed by atoms with Crippen LogP contribution in [0.15, 0.2) is 54.6 Å². The van der Waals surface area contributed by atoms with Gasteiger partial charge in [-0.1, -0.05) is 49.4 Å². The number of amides is 2. The Morgan fingerprint density at radius 3 is 2.25 bits per heavy atom. The van der Waals surface area contributed by atoms with Gasteiger partial charge in [-0.3, -0.25) is 9.59 Å². The van der Waals surface area contributed by atoms with E-state index in [1.54, 1.807) is 12.1 Å². The number of carbonyl (C=O) groups is 2. The molecular formula is C20H24N2O2. The van der Waals surface area contributed by atoms with Crippen LogP contribution in [0.4, 0.5) is 0 Å². The number of nitrogens with one attached hydrogen (secondary N) is 2. The second-order valence-corrected chi connectivity index (χ2v) is 5.72. The molecule has 2 aromatic rings. The van der Waals surface area contributed by atoms with Crippen LogP contribution in [0.25, 0.3) is 0 Å². The molecule has 0 fully saturated rings. The molecule has 0 aliphatic heterocycles. The molecule has 0 aliphatic carbocycles. The van der Waals surface area contributed by atoms with E-state index in [1.165, 1.54) is 0 Å². The fraction of sp³-hybridized carbons (Fsp3) is 0.300. The Morgan fingerprint density at radius 2 is 1.58 bits per heavy atom. The molecule has 24 heavy (non-hydrogen) atoms. The van der Waals surface area contributed by atoms with Crippen molar-refractivity contribution in [1.29, 1.82) is 0 Å². The zero-order valence-corrected chi connectivity index (χ0v) is 14.0. The lowest BCUT2D eigenvalue weighted by molar-refractivity contribution is -0.121. The summed E-state index contributed by atoms with van der Waals surface area (Å²) in [6.45, 7) is 3.17. The van der Waals surface area contributed by atoms with Crippen molar-refractivity contribution >= 4 is 11.8 Å². The Morgan fingerprint density at radius 1 is 0.875 bits per heavy atom. The summed E-state index contributed by atoms with van der Waals surface area (Å²) in [6.07, 6.45) is 2.13. The van der Waals surface area contributed by atoms with Crippen molar-refractivity contribution in [3.8, 4) is 0 Å². The maximum atomic E-state index is 11.9. The third kappa shape index (κ3) is 5.88. The molecule has 2 amide bonds. The highest BCUT2D eigenvalue weighted by molar-refractivity contribution is 5.94. The van der Waals surface area contributed by atoms with Crippen molar-refractivity contribution in [2.75, 3.05) is 6.54 Å². The van der Waals surface area contributed by atoms with E-state index in [0.717, 1.165) is 24.0 Å². The highest BCUT2D eigenvalue weighted by Crippen LogP contribution is 2.06. The molecule has 0 spiro atoms. The summed E-state index contributed by atoms with van der Waals surface area (Å²) >= 11 is 0. The lowest BCUT2D eigenvalue weighted by Crippen LogP contribution is -2.24. The van der Waals surface area contributed by atoms with E-state index in [4.69, 9.17) is 0 Å². The lowest BCUT2D eigenvalue weighted by Gasteiger charge is -2.07. The SMILES string of the molecule is CCCNC(=O)c1ccc(CNC(=O)CCc2ccccc2)cc1. The van der Waals surface area contributed by atoms with Crippen LogP contribution in [0.2, 0.25) is 0 Å². The monoisotopic (exact) mass is 324 g/mol. The Balaban J connectivity index is 1.75. The minimum atomic E-state index is -0.0599. The molecule has 4 nitrogen and oxygen atoms in total. The minimum Gasteiger partial charge on any atom is -0.352 e. The molecular weight excluding hydrogens is 300 g/mol. The molecule has 0 saturated heterocycles. The smallest absolute Gasteiger partial charge is 0.251 e. The average Bonchev–Trinajstić information content (AvgIpc) is 2.64. The average molecular weight is 324 g/mol. The molecule has 0 unspecified atom stereocenters. The molecule has 0 bridgehead atoms. The fourth-order valence-electron chi connectivity index (χ4n) is 2.31. The zero-order chi connectivity index (χ0) is 17.2. The van der Waals surface area contributed by atoms with Gasteiger partial charge in [0.2, 0.25) is 5.91 Å². The van der Waals surface area contributed by atoms with Gasteiger partial charge in [0.25, 0.3) is 5.91 Å². The standard InChI is InChI=1S/C20H24N2O2/c1-2-14-21-20(24)18-11-8-17(9-12-18)15-22-19(23)13-10-16-6-4-3-5-7-16/h3-9,11-12H,2,10,13-15H2,1H3,(H,21,24)(H,22,23). The molecule has 4 heteroatoms. The van der Waals surface area contributed by atoms with E-state index < -0.39 is 0 Å². The largest absolute Gasteiger partial charge is 0.352 e. The van der Waals surface area contributed by atoms with Crippen LogP contribution in [0.5, 0.6) is 0 Å². The van der Waals surface area contributed by atoms with Crippen LogP contribution in [0.1, 0.15) is 41.3 Å². The van der Waals surface area contributed by atoms with Gasteiger partial charge in [-0.25, -0.2) is 0 Å². The van der Waals surface area contributed by atoms with E-state index in [-0.39, 0.29) is 11.8 Å². The molecule has 126 valence electrons. The number of hydrogen-bond acceptors (Lipinski definition) is 2. The maximum absolute atomic E-state index is 11.9. The number of benzene rings is 2. The van der Waals surface area contributed by atoms with Crippen molar-refractivity contribution in [1.82, 2.24) is 10.6 Å². The van der Waals surface area contributed by atoms with E-state index in [1.807, 2.05) is 49.4 Å². The number of rotatable bonds is 8. The molecule has 2 aromatic carbocycles. The molecule has 0 heterocycles. The third-order valence-corrected chi connectivity index (χ3v) is 3.72. The highest BCUT2D eigenvalue weighted by atomic mass is 16.2. The van der Waals surface area contributed by atoms with Crippen molar-refractivity contribution < 1.29 is 9.59 Å². The van der Waals surface area contributed by atoms with Gasteiger partial charge in [-0.05, 0) is 36.1 Å². The molecule has 0 aromatic heterocycles. The van der Waals surface area contributed by atoms with Gasteiger partial charge in [0, 0.05) is 25.1 Å². The highest BCUT2D eigenvalue weighted by Gasteiger charge is 2.05. The summed E-state index contributed by atoms with van der Waals surface area (Å²) in [5.41, 5.74) is 2.79. The first-order chi connectivity index (χ1) is 11.7. The van der Waals surface area contributed by atoms with Crippen molar-refractivity contribution in [3.63, 3.8) is 0 Å². The van der Waals surface area contributed by atoms with Gasteiger partial charge in [0.15, 0.2) is 0 Å². The topological polar surface area (TPSA) is 58.2 Å². The van der Waals surface area contributed by atoms with Crippen LogP contribution in [-0.4, -0.2) is 18.4 Å². The van der Waals surface area contributed by atoms with Gasteiger partial charge < -0.3 is 10.6 Å². The fourth-order valence-corrected chi connectivity index (χ4v) is 2.31. The molecule has 0 radical (unpaired) electrons. The van der Waals surface area contributed by atoms with Crippen LogP contribution in [-0.2, 0) is 17.8 Å². The Hall–Kier alpha value is -2.62. The normalized spacial score (nSPS) is 10.2. The van der Waals surface area contributed by atoms with Gasteiger partial charge in [0.05, 0.1) is 0 Å². The lowest BCUT2D eigenvalue weighted by atomic mass is 10.1. The van der Waals surface area contributed by atoms with Crippen molar-refractivity contribution in [2.45, 2.75) is 32.7 Å². The van der Waals surface area contributed by atoms with Gasteiger partial charge >= 0.3 is 0 Å². The first kappa shape index (κ1) is 17.7. The Bertz CT molecular complexity index is 651. The van der Waals surface area contributed by atoms with Crippen LogP contribution < -0.4 is 10.6 Å². The molecule has 0 atom stereocenters. The van der Waals surface area contributed by atoms with Crippen LogP contribution in [0.3, 0.4) is 0 Å². The molecule has 0 aliphatic rings. The van der Waals surface area contributed by atoms with E-state index in [2.05, 4.69) is 10.6 Å². The summed E-state index contributed by atoms with van der Waals surface area (Å²) < 4.78 is 0. The maximum Gasteiger partial charge on any atom is 0.251 e. The second kappa shape index (κ2) is 9.50. The Kier molecular flexibility index (Phi) is 7.02. The summed E-state index contributed by atoms with van der Waals surface area (Å²) in [5, 5.41) is 5.75. The molecule has 0 saturated carbocycles. The number of hydrogen-bond donors (Lipinski definition) is 2. The first-order valence-corrected chi connectivity index (χ1v) is 8.37. The summed E-state index contributed by atoms with van der Waals surface area (Å²) in [5.74, 6) is -0.0288.